The van der Waals surface area contributed by atoms with Gasteiger partial charge in [-0.05, 0) is 31.9 Å². The van der Waals surface area contributed by atoms with Crippen LogP contribution in [0.4, 0.5) is 0 Å². The highest BCUT2D eigenvalue weighted by Gasteiger charge is 2.09. The van der Waals surface area contributed by atoms with E-state index in [0.29, 0.717) is 12.6 Å². The SMILES string of the molecule is CCCNCc1cn(Cc2ccn(C(CC)CC)n2)nn1. The zero-order valence-electron chi connectivity index (χ0n) is 13.3. The van der Waals surface area contributed by atoms with Crippen LogP contribution in [-0.4, -0.2) is 31.3 Å². The number of nitrogens with one attached hydrogen (secondary N) is 1. The lowest BCUT2D eigenvalue weighted by molar-refractivity contribution is 0.423. The van der Waals surface area contributed by atoms with E-state index < -0.39 is 0 Å². The summed E-state index contributed by atoms with van der Waals surface area (Å²) in [5, 5.41) is 16.3. The first-order chi connectivity index (χ1) is 10.3. The Morgan fingerprint density at radius 2 is 2.00 bits per heavy atom. The maximum Gasteiger partial charge on any atom is 0.0964 e. The Morgan fingerprint density at radius 3 is 2.71 bits per heavy atom. The van der Waals surface area contributed by atoms with Crippen molar-refractivity contribution in [2.75, 3.05) is 6.54 Å². The van der Waals surface area contributed by atoms with Crippen LogP contribution in [0.1, 0.15) is 57.5 Å². The van der Waals surface area contributed by atoms with E-state index in [4.69, 9.17) is 0 Å². The smallest absolute Gasteiger partial charge is 0.0964 e. The molecule has 0 amide bonds. The molecular weight excluding hydrogens is 264 g/mol. The van der Waals surface area contributed by atoms with E-state index in [1.165, 1.54) is 0 Å². The summed E-state index contributed by atoms with van der Waals surface area (Å²) < 4.78 is 3.92. The first-order valence-corrected chi connectivity index (χ1v) is 7.90. The van der Waals surface area contributed by atoms with E-state index in [-0.39, 0.29) is 0 Å². The Hall–Kier alpha value is -1.69. The van der Waals surface area contributed by atoms with Gasteiger partial charge in [0.25, 0.3) is 0 Å². The van der Waals surface area contributed by atoms with Crippen LogP contribution in [0.3, 0.4) is 0 Å². The second-order valence-electron chi connectivity index (χ2n) is 5.34. The molecule has 0 saturated carbocycles. The largest absolute Gasteiger partial charge is 0.311 e. The molecule has 0 unspecified atom stereocenters. The van der Waals surface area contributed by atoms with Crippen molar-refractivity contribution in [3.63, 3.8) is 0 Å². The summed E-state index contributed by atoms with van der Waals surface area (Å²) in [7, 11) is 0. The van der Waals surface area contributed by atoms with Gasteiger partial charge in [0.2, 0.25) is 0 Å². The molecule has 0 aromatic carbocycles. The Bertz CT molecular complexity index is 526. The van der Waals surface area contributed by atoms with E-state index in [0.717, 1.165) is 43.7 Å². The van der Waals surface area contributed by atoms with Gasteiger partial charge in [0.1, 0.15) is 0 Å². The molecular formula is C15H26N6. The van der Waals surface area contributed by atoms with E-state index in [9.17, 15) is 0 Å². The molecule has 2 aromatic heterocycles. The van der Waals surface area contributed by atoms with Gasteiger partial charge in [-0.25, -0.2) is 4.68 Å². The maximum absolute atomic E-state index is 4.64. The normalized spacial score (nSPS) is 11.4. The van der Waals surface area contributed by atoms with Crippen molar-refractivity contribution in [2.24, 2.45) is 0 Å². The second-order valence-corrected chi connectivity index (χ2v) is 5.34. The Balaban J connectivity index is 1.92. The fraction of sp³-hybridized carbons (Fsp3) is 0.667. The average Bonchev–Trinajstić information content (AvgIpc) is 3.11. The first-order valence-electron chi connectivity index (χ1n) is 7.90. The number of aromatic nitrogens is 5. The van der Waals surface area contributed by atoms with Gasteiger partial charge in [0.05, 0.1) is 30.2 Å². The molecule has 2 rings (SSSR count). The van der Waals surface area contributed by atoms with Crippen LogP contribution in [-0.2, 0) is 13.1 Å². The number of nitrogens with zero attached hydrogens (tertiary/aromatic N) is 5. The molecule has 6 heteroatoms. The van der Waals surface area contributed by atoms with Gasteiger partial charge in [-0.3, -0.25) is 4.68 Å². The average molecular weight is 290 g/mol. The van der Waals surface area contributed by atoms with Crippen LogP contribution in [0.15, 0.2) is 18.5 Å². The minimum Gasteiger partial charge on any atom is -0.311 e. The van der Waals surface area contributed by atoms with Gasteiger partial charge < -0.3 is 5.32 Å². The lowest BCUT2D eigenvalue weighted by atomic mass is 10.2. The van der Waals surface area contributed by atoms with Crippen LogP contribution in [0.25, 0.3) is 0 Å². The molecule has 2 aromatic rings. The van der Waals surface area contributed by atoms with Crippen LogP contribution in [0.5, 0.6) is 0 Å². The molecule has 2 heterocycles. The molecule has 0 fully saturated rings. The third kappa shape index (κ3) is 4.39. The quantitative estimate of drug-likeness (QED) is 0.720. The molecule has 0 spiro atoms. The molecule has 0 aliphatic carbocycles. The number of hydrogen-bond acceptors (Lipinski definition) is 4. The minimum atomic E-state index is 0.489. The fourth-order valence-corrected chi connectivity index (χ4v) is 2.38. The van der Waals surface area contributed by atoms with Crippen LogP contribution in [0.2, 0.25) is 0 Å². The summed E-state index contributed by atoms with van der Waals surface area (Å²) in [5.41, 5.74) is 2.00. The van der Waals surface area contributed by atoms with Gasteiger partial charge in [-0.1, -0.05) is 26.0 Å². The summed E-state index contributed by atoms with van der Waals surface area (Å²) in [6.07, 6.45) is 7.39. The van der Waals surface area contributed by atoms with E-state index >= 15 is 0 Å². The van der Waals surface area contributed by atoms with Gasteiger partial charge in [0.15, 0.2) is 0 Å². The topological polar surface area (TPSA) is 60.6 Å². The second kappa shape index (κ2) is 7.93. The molecule has 1 N–H and O–H groups in total. The molecule has 21 heavy (non-hydrogen) atoms. The third-order valence-electron chi connectivity index (χ3n) is 3.62. The van der Waals surface area contributed by atoms with Gasteiger partial charge in [-0.2, -0.15) is 5.10 Å². The van der Waals surface area contributed by atoms with Crippen molar-refractivity contribution in [1.29, 1.82) is 0 Å². The standard InChI is InChI=1S/C15H26N6/c1-4-8-16-10-14-12-20(19-17-14)11-13-7-9-21(18-13)15(5-2)6-3/h7,9,12,15-16H,4-6,8,10-11H2,1-3H3. The van der Waals surface area contributed by atoms with Crippen molar-refractivity contribution in [1.82, 2.24) is 30.1 Å². The lowest BCUT2D eigenvalue weighted by Gasteiger charge is -2.12. The Kier molecular flexibility index (Phi) is 5.92. The number of hydrogen-bond donors (Lipinski definition) is 1. The van der Waals surface area contributed by atoms with Gasteiger partial charge >= 0.3 is 0 Å². The Labute approximate surface area is 126 Å². The predicted molar refractivity (Wildman–Crippen MR) is 83.0 cm³/mol. The highest BCUT2D eigenvalue weighted by Crippen LogP contribution is 2.14. The fourth-order valence-electron chi connectivity index (χ4n) is 2.38. The molecule has 0 radical (unpaired) electrons. The zero-order valence-corrected chi connectivity index (χ0v) is 13.3. The molecule has 0 aliphatic rings. The summed E-state index contributed by atoms with van der Waals surface area (Å²) in [4.78, 5) is 0. The van der Waals surface area contributed by atoms with Crippen molar-refractivity contribution >= 4 is 0 Å². The molecule has 0 aliphatic heterocycles. The minimum absolute atomic E-state index is 0.489. The van der Waals surface area contributed by atoms with Crippen molar-refractivity contribution < 1.29 is 0 Å². The summed E-state index contributed by atoms with van der Waals surface area (Å²) in [6, 6.07) is 2.55. The molecule has 6 nitrogen and oxygen atoms in total. The van der Waals surface area contributed by atoms with Crippen molar-refractivity contribution in [2.45, 2.75) is 59.2 Å². The molecule has 0 saturated heterocycles. The van der Waals surface area contributed by atoms with E-state index in [2.05, 4.69) is 58.4 Å². The van der Waals surface area contributed by atoms with Crippen LogP contribution < -0.4 is 5.32 Å². The van der Waals surface area contributed by atoms with Crippen LogP contribution in [0, 0.1) is 0 Å². The van der Waals surface area contributed by atoms with Crippen LogP contribution >= 0.6 is 0 Å². The van der Waals surface area contributed by atoms with Crippen molar-refractivity contribution in [3.8, 4) is 0 Å². The monoisotopic (exact) mass is 290 g/mol. The zero-order chi connectivity index (χ0) is 15.1. The lowest BCUT2D eigenvalue weighted by Crippen LogP contribution is -2.13. The highest BCUT2D eigenvalue weighted by molar-refractivity contribution is 5.01. The molecule has 0 bridgehead atoms. The number of rotatable bonds is 9. The maximum atomic E-state index is 4.64. The van der Waals surface area contributed by atoms with E-state index in [1.807, 2.05) is 10.9 Å². The Morgan fingerprint density at radius 1 is 1.19 bits per heavy atom. The summed E-state index contributed by atoms with van der Waals surface area (Å²) in [6.45, 7) is 9.00. The summed E-state index contributed by atoms with van der Waals surface area (Å²) in [5.74, 6) is 0. The molecule has 116 valence electrons. The van der Waals surface area contributed by atoms with E-state index in [1.54, 1.807) is 0 Å². The first kappa shape index (κ1) is 15.7. The highest BCUT2D eigenvalue weighted by atomic mass is 15.4. The third-order valence-corrected chi connectivity index (χ3v) is 3.62. The van der Waals surface area contributed by atoms with Crippen molar-refractivity contribution in [3.05, 3.63) is 29.8 Å². The van der Waals surface area contributed by atoms with Gasteiger partial charge in [0, 0.05) is 12.7 Å². The predicted octanol–water partition coefficient (Wildman–Crippen LogP) is 2.38. The molecule has 0 atom stereocenters. The summed E-state index contributed by atoms with van der Waals surface area (Å²) >= 11 is 0. The van der Waals surface area contributed by atoms with Gasteiger partial charge in [-0.15, -0.1) is 5.10 Å².